The normalized spacial score (nSPS) is 10.1. The molecule has 0 saturated heterocycles. The Kier molecular flexibility index (Phi) is 3.23. The third kappa shape index (κ3) is 2.53. The van der Waals surface area contributed by atoms with Crippen molar-refractivity contribution < 1.29 is 9.13 Å². The van der Waals surface area contributed by atoms with E-state index in [1.807, 2.05) is 19.1 Å². The van der Waals surface area contributed by atoms with Crippen molar-refractivity contribution in [2.75, 3.05) is 12.4 Å². The van der Waals surface area contributed by atoms with Gasteiger partial charge in [-0.3, -0.25) is 0 Å². The summed E-state index contributed by atoms with van der Waals surface area (Å²) in [4.78, 5) is 4.25. The lowest BCUT2D eigenvalue weighted by molar-refractivity contribution is 0.414. The minimum Gasteiger partial charge on any atom is -0.494 e. The van der Waals surface area contributed by atoms with Gasteiger partial charge in [-0.2, -0.15) is 0 Å². The Morgan fingerprint density at radius 3 is 2.65 bits per heavy atom. The Morgan fingerprint density at radius 2 is 1.94 bits per heavy atom. The Labute approximate surface area is 99.3 Å². The fourth-order valence-corrected chi connectivity index (χ4v) is 1.54. The van der Waals surface area contributed by atoms with Gasteiger partial charge in [0.25, 0.3) is 0 Å². The number of para-hydroxylation sites is 1. The molecule has 1 heterocycles. The summed E-state index contributed by atoms with van der Waals surface area (Å²) in [6.45, 7) is 1.88. The largest absolute Gasteiger partial charge is 0.494 e. The number of hydrogen-bond acceptors (Lipinski definition) is 3. The summed E-state index contributed by atoms with van der Waals surface area (Å²) in [6, 6.07) is 10.2. The molecule has 0 atom stereocenters. The van der Waals surface area contributed by atoms with Crippen LogP contribution < -0.4 is 10.1 Å². The molecule has 4 heteroatoms. The third-order valence-corrected chi connectivity index (χ3v) is 2.34. The molecular formula is C13H13FN2O. The minimum atomic E-state index is -0.368. The maximum absolute atomic E-state index is 13.7. The number of nitrogens with one attached hydrogen (secondary N) is 1. The number of rotatable bonds is 3. The molecule has 88 valence electrons. The predicted octanol–water partition coefficient (Wildman–Crippen LogP) is 3.28. The monoisotopic (exact) mass is 232 g/mol. The molecule has 1 N–H and O–H groups in total. The van der Waals surface area contributed by atoms with Crippen LogP contribution in [0.4, 0.5) is 15.9 Å². The number of aryl methyl sites for hydroxylation is 1. The Morgan fingerprint density at radius 1 is 1.18 bits per heavy atom. The summed E-state index contributed by atoms with van der Waals surface area (Å²) in [5.41, 5.74) is 1.17. The van der Waals surface area contributed by atoms with Crippen LogP contribution in [0.25, 0.3) is 0 Å². The van der Waals surface area contributed by atoms with Crippen LogP contribution in [0.15, 0.2) is 36.4 Å². The molecule has 0 fully saturated rings. The first kappa shape index (κ1) is 11.4. The van der Waals surface area contributed by atoms with Crippen LogP contribution in [-0.2, 0) is 0 Å². The highest BCUT2D eigenvalue weighted by Gasteiger charge is 2.09. The van der Waals surface area contributed by atoms with Crippen LogP contribution in [0.3, 0.4) is 0 Å². The molecule has 0 radical (unpaired) electrons. The number of nitrogens with zero attached hydrogens (tertiary/aromatic N) is 1. The molecule has 0 saturated carbocycles. The van der Waals surface area contributed by atoms with Gasteiger partial charge in [-0.25, -0.2) is 9.37 Å². The molecule has 0 aliphatic heterocycles. The second-order valence-electron chi connectivity index (χ2n) is 3.61. The van der Waals surface area contributed by atoms with Gasteiger partial charge >= 0.3 is 0 Å². The van der Waals surface area contributed by atoms with Crippen molar-refractivity contribution in [2.24, 2.45) is 0 Å². The molecule has 0 unspecified atom stereocenters. The highest BCUT2D eigenvalue weighted by molar-refractivity contribution is 5.64. The van der Waals surface area contributed by atoms with E-state index in [1.165, 1.54) is 13.2 Å². The third-order valence-electron chi connectivity index (χ3n) is 2.34. The van der Waals surface area contributed by atoms with Crippen molar-refractivity contribution in [2.45, 2.75) is 6.92 Å². The van der Waals surface area contributed by atoms with Gasteiger partial charge in [-0.1, -0.05) is 12.1 Å². The zero-order chi connectivity index (χ0) is 12.3. The average molecular weight is 232 g/mol. The molecule has 0 amide bonds. The van der Waals surface area contributed by atoms with E-state index in [9.17, 15) is 4.39 Å². The molecule has 0 bridgehead atoms. The fraction of sp³-hybridized carbons (Fsp3) is 0.154. The van der Waals surface area contributed by atoms with Crippen LogP contribution in [0.1, 0.15) is 5.69 Å². The van der Waals surface area contributed by atoms with E-state index in [1.54, 1.807) is 18.2 Å². The van der Waals surface area contributed by atoms with Crippen molar-refractivity contribution >= 4 is 11.5 Å². The Hall–Kier alpha value is -2.10. The summed E-state index contributed by atoms with van der Waals surface area (Å²) < 4.78 is 18.8. The summed E-state index contributed by atoms with van der Waals surface area (Å²) >= 11 is 0. The van der Waals surface area contributed by atoms with E-state index in [4.69, 9.17) is 4.74 Å². The molecular weight excluding hydrogens is 219 g/mol. The van der Waals surface area contributed by atoms with E-state index >= 15 is 0 Å². The number of pyridine rings is 1. The molecule has 1 aromatic heterocycles. The van der Waals surface area contributed by atoms with E-state index in [0.29, 0.717) is 17.3 Å². The highest BCUT2D eigenvalue weighted by Crippen LogP contribution is 2.29. The predicted molar refractivity (Wildman–Crippen MR) is 65.2 cm³/mol. The molecule has 3 nitrogen and oxygen atoms in total. The van der Waals surface area contributed by atoms with Crippen molar-refractivity contribution in [1.29, 1.82) is 0 Å². The summed E-state index contributed by atoms with van der Waals surface area (Å²) in [5.74, 6) is 0.675. The Balaban J connectivity index is 2.35. The first-order valence-corrected chi connectivity index (χ1v) is 5.24. The molecule has 0 spiro atoms. The first-order valence-electron chi connectivity index (χ1n) is 5.24. The zero-order valence-corrected chi connectivity index (χ0v) is 9.70. The zero-order valence-electron chi connectivity index (χ0n) is 9.70. The SMILES string of the molecule is COc1cccc(F)c1Nc1cccc(C)n1. The van der Waals surface area contributed by atoms with Gasteiger partial charge in [0.2, 0.25) is 0 Å². The molecule has 0 aliphatic rings. The van der Waals surface area contributed by atoms with Crippen LogP contribution in [0.2, 0.25) is 0 Å². The smallest absolute Gasteiger partial charge is 0.150 e. The lowest BCUT2D eigenvalue weighted by atomic mass is 10.2. The van der Waals surface area contributed by atoms with E-state index in [-0.39, 0.29) is 5.82 Å². The summed E-state index contributed by atoms with van der Waals surface area (Å²) in [5, 5.41) is 2.92. The van der Waals surface area contributed by atoms with Crippen LogP contribution >= 0.6 is 0 Å². The van der Waals surface area contributed by atoms with Crippen molar-refractivity contribution in [3.8, 4) is 5.75 Å². The molecule has 2 aromatic rings. The van der Waals surface area contributed by atoms with E-state index < -0.39 is 0 Å². The molecule has 17 heavy (non-hydrogen) atoms. The van der Waals surface area contributed by atoms with Gasteiger partial charge in [0.05, 0.1) is 7.11 Å². The number of hydrogen-bond donors (Lipinski definition) is 1. The van der Waals surface area contributed by atoms with Gasteiger partial charge < -0.3 is 10.1 Å². The lowest BCUT2D eigenvalue weighted by Gasteiger charge is -2.11. The van der Waals surface area contributed by atoms with Gasteiger partial charge in [-0.15, -0.1) is 0 Å². The van der Waals surface area contributed by atoms with E-state index in [2.05, 4.69) is 10.3 Å². The van der Waals surface area contributed by atoms with Crippen molar-refractivity contribution in [3.63, 3.8) is 0 Å². The number of halogens is 1. The van der Waals surface area contributed by atoms with Gasteiger partial charge in [0, 0.05) is 5.69 Å². The number of ether oxygens (including phenoxy) is 1. The summed E-state index contributed by atoms with van der Waals surface area (Å²) in [7, 11) is 1.50. The lowest BCUT2D eigenvalue weighted by Crippen LogP contribution is -1.99. The fourth-order valence-electron chi connectivity index (χ4n) is 1.54. The Bertz CT molecular complexity index is 529. The number of benzene rings is 1. The molecule has 2 rings (SSSR count). The summed E-state index contributed by atoms with van der Waals surface area (Å²) in [6.07, 6.45) is 0. The molecule has 1 aromatic carbocycles. The first-order chi connectivity index (χ1) is 8.20. The van der Waals surface area contributed by atoms with Crippen LogP contribution in [0, 0.1) is 12.7 Å². The minimum absolute atomic E-state index is 0.299. The maximum atomic E-state index is 13.7. The van der Waals surface area contributed by atoms with Crippen molar-refractivity contribution in [3.05, 3.63) is 47.9 Å². The highest BCUT2D eigenvalue weighted by atomic mass is 19.1. The van der Waals surface area contributed by atoms with Crippen LogP contribution in [-0.4, -0.2) is 12.1 Å². The van der Waals surface area contributed by atoms with Gasteiger partial charge in [0.1, 0.15) is 17.3 Å². The topological polar surface area (TPSA) is 34.1 Å². The second-order valence-corrected chi connectivity index (χ2v) is 3.61. The number of aromatic nitrogens is 1. The quantitative estimate of drug-likeness (QED) is 0.881. The van der Waals surface area contributed by atoms with E-state index in [0.717, 1.165) is 5.69 Å². The van der Waals surface area contributed by atoms with Crippen LogP contribution in [0.5, 0.6) is 5.75 Å². The van der Waals surface area contributed by atoms with Gasteiger partial charge in [-0.05, 0) is 31.2 Å². The standard InChI is InChI=1S/C13H13FN2O/c1-9-5-3-8-12(15-9)16-13-10(14)6-4-7-11(13)17-2/h3-8H,1-2H3,(H,15,16). The number of anilines is 2. The van der Waals surface area contributed by atoms with Crippen molar-refractivity contribution in [1.82, 2.24) is 4.98 Å². The second kappa shape index (κ2) is 4.82. The maximum Gasteiger partial charge on any atom is 0.150 e. The number of methoxy groups -OCH3 is 1. The van der Waals surface area contributed by atoms with Gasteiger partial charge in [0.15, 0.2) is 5.82 Å². The molecule has 0 aliphatic carbocycles. The average Bonchev–Trinajstić information content (AvgIpc) is 2.32.